The molecule has 0 aliphatic heterocycles. The topological polar surface area (TPSA) is 50.1 Å². The number of nitrogens with one attached hydrogen (secondary N) is 1. The van der Waals surface area contributed by atoms with E-state index >= 15 is 0 Å². The van der Waals surface area contributed by atoms with E-state index in [1.165, 1.54) is 6.07 Å². The van der Waals surface area contributed by atoms with Crippen molar-refractivity contribution in [2.24, 2.45) is 7.05 Å². The fourth-order valence-corrected chi connectivity index (χ4v) is 1.66. The number of nitrogens with zero attached hydrogens (tertiary/aromatic N) is 2. The van der Waals surface area contributed by atoms with Gasteiger partial charge >= 0.3 is 0 Å². The number of aryl methyl sites for hydroxylation is 1. The van der Waals surface area contributed by atoms with E-state index in [4.69, 9.17) is 5.11 Å². The lowest BCUT2D eigenvalue weighted by Crippen LogP contribution is -2.09. The molecule has 2 N–H and O–H groups in total. The van der Waals surface area contributed by atoms with Gasteiger partial charge in [0.05, 0.1) is 6.04 Å². The number of aromatic hydroxyl groups is 1. The normalized spacial score (nSPS) is 12.4. The number of rotatable bonds is 3. The van der Waals surface area contributed by atoms with E-state index in [9.17, 15) is 4.39 Å². The minimum Gasteiger partial charge on any atom is -0.508 e. The zero-order valence-corrected chi connectivity index (χ0v) is 9.68. The van der Waals surface area contributed by atoms with Crippen molar-refractivity contribution in [3.05, 3.63) is 41.8 Å². The molecule has 1 atom stereocenters. The minimum atomic E-state index is -0.430. The maximum absolute atomic E-state index is 13.6. The van der Waals surface area contributed by atoms with E-state index in [1.54, 1.807) is 10.7 Å². The molecule has 0 bridgehead atoms. The van der Waals surface area contributed by atoms with Crippen LogP contribution in [0.1, 0.15) is 18.5 Å². The SMILES string of the molecule is CC(Nc1ccn(C)n1)c1ccc(O)cc1F. The molecule has 1 heterocycles. The number of phenolic OH excluding ortho intramolecular Hbond substituents is 1. The number of phenols is 1. The highest BCUT2D eigenvalue weighted by Crippen LogP contribution is 2.23. The predicted octanol–water partition coefficient (Wildman–Crippen LogP) is 2.44. The van der Waals surface area contributed by atoms with Crippen LogP contribution in [0.3, 0.4) is 0 Å². The number of halogens is 1. The Morgan fingerprint density at radius 3 is 2.76 bits per heavy atom. The van der Waals surface area contributed by atoms with Crippen LogP contribution in [-0.2, 0) is 7.05 Å². The molecule has 0 aliphatic rings. The summed E-state index contributed by atoms with van der Waals surface area (Å²) in [6, 6.07) is 5.73. The number of benzene rings is 1. The first-order chi connectivity index (χ1) is 8.06. The van der Waals surface area contributed by atoms with Gasteiger partial charge in [0.2, 0.25) is 0 Å². The number of anilines is 1. The molecule has 0 aliphatic carbocycles. The fraction of sp³-hybridized carbons (Fsp3) is 0.250. The molecule has 0 saturated heterocycles. The molecule has 5 heteroatoms. The summed E-state index contributed by atoms with van der Waals surface area (Å²) in [6.07, 6.45) is 1.81. The van der Waals surface area contributed by atoms with Crippen molar-refractivity contribution in [2.75, 3.05) is 5.32 Å². The summed E-state index contributed by atoms with van der Waals surface area (Å²) in [7, 11) is 1.82. The monoisotopic (exact) mass is 235 g/mol. The molecule has 0 radical (unpaired) electrons. The predicted molar refractivity (Wildman–Crippen MR) is 63.3 cm³/mol. The molecule has 1 aromatic heterocycles. The van der Waals surface area contributed by atoms with E-state index in [0.29, 0.717) is 11.4 Å². The van der Waals surface area contributed by atoms with Crippen LogP contribution >= 0.6 is 0 Å². The molecular formula is C12H14FN3O. The van der Waals surface area contributed by atoms with Gasteiger partial charge in [0.25, 0.3) is 0 Å². The average molecular weight is 235 g/mol. The molecule has 2 rings (SSSR count). The molecule has 1 unspecified atom stereocenters. The van der Waals surface area contributed by atoms with Crippen LogP contribution in [0.15, 0.2) is 30.5 Å². The quantitative estimate of drug-likeness (QED) is 0.859. The van der Waals surface area contributed by atoms with Crippen molar-refractivity contribution in [3.8, 4) is 5.75 Å². The Hall–Kier alpha value is -2.04. The van der Waals surface area contributed by atoms with Crippen LogP contribution in [0.25, 0.3) is 0 Å². The van der Waals surface area contributed by atoms with Crippen molar-refractivity contribution in [2.45, 2.75) is 13.0 Å². The molecule has 17 heavy (non-hydrogen) atoms. The molecule has 0 amide bonds. The Morgan fingerprint density at radius 2 is 2.18 bits per heavy atom. The van der Waals surface area contributed by atoms with Gasteiger partial charge in [-0.1, -0.05) is 6.07 Å². The second-order valence-corrected chi connectivity index (χ2v) is 3.95. The van der Waals surface area contributed by atoms with Crippen LogP contribution < -0.4 is 5.32 Å². The summed E-state index contributed by atoms with van der Waals surface area (Å²) in [5.41, 5.74) is 0.494. The van der Waals surface area contributed by atoms with E-state index < -0.39 is 5.82 Å². The first-order valence-corrected chi connectivity index (χ1v) is 5.31. The van der Waals surface area contributed by atoms with Gasteiger partial charge in [0.1, 0.15) is 17.4 Å². The molecule has 1 aromatic carbocycles. The second kappa shape index (κ2) is 4.45. The third kappa shape index (κ3) is 2.55. The summed E-state index contributed by atoms with van der Waals surface area (Å²) in [5.74, 6) is 0.185. The number of hydrogen-bond acceptors (Lipinski definition) is 3. The molecular weight excluding hydrogens is 221 g/mol. The maximum Gasteiger partial charge on any atom is 0.148 e. The van der Waals surface area contributed by atoms with Gasteiger partial charge in [0.15, 0.2) is 0 Å². The summed E-state index contributed by atoms with van der Waals surface area (Å²) < 4.78 is 15.3. The van der Waals surface area contributed by atoms with E-state index in [0.717, 1.165) is 6.07 Å². The molecule has 90 valence electrons. The lowest BCUT2D eigenvalue weighted by molar-refractivity contribution is 0.467. The Morgan fingerprint density at radius 1 is 1.41 bits per heavy atom. The first kappa shape index (κ1) is 11.4. The Balaban J connectivity index is 2.17. The minimum absolute atomic E-state index is 0.0729. The van der Waals surface area contributed by atoms with Crippen molar-refractivity contribution >= 4 is 5.82 Å². The average Bonchev–Trinajstić information content (AvgIpc) is 2.63. The van der Waals surface area contributed by atoms with Crippen molar-refractivity contribution < 1.29 is 9.50 Å². The molecule has 0 spiro atoms. The van der Waals surface area contributed by atoms with Gasteiger partial charge in [-0.15, -0.1) is 0 Å². The van der Waals surface area contributed by atoms with Crippen LogP contribution in [-0.4, -0.2) is 14.9 Å². The first-order valence-electron chi connectivity index (χ1n) is 5.31. The van der Waals surface area contributed by atoms with Gasteiger partial charge in [-0.05, 0) is 13.0 Å². The lowest BCUT2D eigenvalue weighted by Gasteiger charge is -2.14. The van der Waals surface area contributed by atoms with E-state index in [-0.39, 0.29) is 11.8 Å². The second-order valence-electron chi connectivity index (χ2n) is 3.95. The summed E-state index contributed by atoms with van der Waals surface area (Å²) in [5, 5.41) is 16.4. The summed E-state index contributed by atoms with van der Waals surface area (Å²) in [4.78, 5) is 0. The van der Waals surface area contributed by atoms with Crippen LogP contribution in [0.4, 0.5) is 10.2 Å². The highest BCUT2D eigenvalue weighted by molar-refractivity contribution is 5.38. The van der Waals surface area contributed by atoms with Crippen molar-refractivity contribution in [3.63, 3.8) is 0 Å². The molecule has 0 saturated carbocycles. The molecule has 0 fully saturated rings. The highest BCUT2D eigenvalue weighted by Gasteiger charge is 2.12. The van der Waals surface area contributed by atoms with Gasteiger partial charge < -0.3 is 10.4 Å². The third-order valence-corrected chi connectivity index (χ3v) is 2.53. The largest absolute Gasteiger partial charge is 0.508 e. The van der Waals surface area contributed by atoms with Gasteiger partial charge in [0, 0.05) is 30.9 Å². The van der Waals surface area contributed by atoms with E-state index in [1.807, 2.05) is 26.2 Å². The Bertz CT molecular complexity index is 524. The molecule has 4 nitrogen and oxygen atoms in total. The summed E-state index contributed by atoms with van der Waals surface area (Å²) in [6.45, 7) is 1.84. The van der Waals surface area contributed by atoms with Gasteiger partial charge in [-0.2, -0.15) is 5.10 Å². The smallest absolute Gasteiger partial charge is 0.148 e. The zero-order chi connectivity index (χ0) is 12.4. The third-order valence-electron chi connectivity index (χ3n) is 2.53. The van der Waals surface area contributed by atoms with Gasteiger partial charge in [-0.3, -0.25) is 4.68 Å². The Kier molecular flexibility index (Phi) is 2.99. The van der Waals surface area contributed by atoms with Crippen LogP contribution in [0.5, 0.6) is 5.75 Å². The van der Waals surface area contributed by atoms with Crippen molar-refractivity contribution in [1.29, 1.82) is 0 Å². The zero-order valence-electron chi connectivity index (χ0n) is 9.68. The van der Waals surface area contributed by atoms with Crippen LogP contribution in [0, 0.1) is 5.82 Å². The molecule has 2 aromatic rings. The highest BCUT2D eigenvalue weighted by atomic mass is 19.1. The number of aromatic nitrogens is 2. The number of hydrogen-bond donors (Lipinski definition) is 2. The van der Waals surface area contributed by atoms with Crippen LogP contribution in [0.2, 0.25) is 0 Å². The fourth-order valence-electron chi connectivity index (χ4n) is 1.66. The van der Waals surface area contributed by atoms with Crippen molar-refractivity contribution in [1.82, 2.24) is 9.78 Å². The maximum atomic E-state index is 13.6. The summed E-state index contributed by atoms with van der Waals surface area (Å²) >= 11 is 0. The standard InChI is InChI=1S/C12H14FN3O/c1-8(14-12-5-6-16(2)15-12)10-4-3-9(17)7-11(10)13/h3-8,17H,1-2H3,(H,14,15). The van der Waals surface area contributed by atoms with E-state index in [2.05, 4.69) is 10.4 Å². The van der Waals surface area contributed by atoms with Gasteiger partial charge in [-0.25, -0.2) is 4.39 Å². The lowest BCUT2D eigenvalue weighted by atomic mass is 10.1. The Labute approximate surface area is 98.7 Å².